The maximum absolute atomic E-state index is 11.6. The van der Waals surface area contributed by atoms with Gasteiger partial charge in [-0.05, 0) is 17.7 Å². The molecule has 23 heavy (non-hydrogen) atoms. The molecule has 0 fully saturated rings. The average molecular weight is 350 g/mol. The van der Waals surface area contributed by atoms with E-state index in [1.54, 1.807) is 18.2 Å². The van der Waals surface area contributed by atoms with Gasteiger partial charge in [-0.15, -0.1) is 0 Å². The lowest BCUT2D eigenvalue weighted by atomic mass is 10.2. The molecule has 0 aliphatic rings. The maximum Gasteiger partial charge on any atom is 0.329 e. The van der Waals surface area contributed by atoms with Gasteiger partial charge in [-0.1, -0.05) is 59.6 Å². The van der Waals surface area contributed by atoms with Crippen LogP contribution in [0.15, 0.2) is 53.6 Å². The summed E-state index contributed by atoms with van der Waals surface area (Å²) in [5.41, 5.74) is 3.47. The number of hydrogen-bond donors (Lipinski definition) is 2. The van der Waals surface area contributed by atoms with Crippen LogP contribution in [0.1, 0.15) is 11.1 Å². The van der Waals surface area contributed by atoms with Crippen molar-refractivity contribution in [3.05, 3.63) is 69.7 Å². The Morgan fingerprint density at radius 3 is 2.26 bits per heavy atom. The number of amides is 2. The van der Waals surface area contributed by atoms with Crippen LogP contribution in [0.2, 0.25) is 10.0 Å². The van der Waals surface area contributed by atoms with Crippen molar-refractivity contribution in [2.45, 2.75) is 6.54 Å². The third kappa shape index (κ3) is 5.09. The minimum atomic E-state index is -0.875. The Kier molecular flexibility index (Phi) is 6.14. The Bertz CT molecular complexity index is 713. The van der Waals surface area contributed by atoms with Crippen LogP contribution in [0.5, 0.6) is 0 Å². The third-order valence-electron chi connectivity index (χ3n) is 2.86. The van der Waals surface area contributed by atoms with Crippen LogP contribution in [0.25, 0.3) is 0 Å². The predicted molar refractivity (Wildman–Crippen MR) is 90.5 cm³/mol. The summed E-state index contributed by atoms with van der Waals surface area (Å²) in [7, 11) is 0. The molecule has 7 heteroatoms. The fourth-order valence-corrected chi connectivity index (χ4v) is 2.19. The summed E-state index contributed by atoms with van der Waals surface area (Å²) < 4.78 is 0. The molecule has 2 aromatic rings. The van der Waals surface area contributed by atoms with E-state index in [1.807, 2.05) is 30.3 Å². The standard InChI is InChI=1S/C16H13Cl2N3O2/c17-13-7-4-8-14(18)12(13)10-20-21-16(23)15(22)19-9-11-5-2-1-3-6-11/h1-8,10H,9H2,(H,19,22)(H,21,23). The molecule has 0 unspecified atom stereocenters. The third-order valence-corrected chi connectivity index (χ3v) is 3.52. The van der Waals surface area contributed by atoms with Crippen molar-refractivity contribution >= 4 is 41.2 Å². The predicted octanol–water partition coefficient (Wildman–Crippen LogP) is 2.76. The van der Waals surface area contributed by atoms with Gasteiger partial charge in [0.1, 0.15) is 0 Å². The quantitative estimate of drug-likeness (QED) is 0.506. The molecule has 118 valence electrons. The van der Waals surface area contributed by atoms with E-state index < -0.39 is 11.8 Å². The number of benzene rings is 2. The van der Waals surface area contributed by atoms with Crippen LogP contribution in [-0.4, -0.2) is 18.0 Å². The van der Waals surface area contributed by atoms with Gasteiger partial charge in [-0.25, -0.2) is 5.43 Å². The Morgan fingerprint density at radius 1 is 0.957 bits per heavy atom. The number of nitrogens with one attached hydrogen (secondary N) is 2. The van der Waals surface area contributed by atoms with Gasteiger partial charge >= 0.3 is 11.8 Å². The van der Waals surface area contributed by atoms with Crippen molar-refractivity contribution in [2.75, 3.05) is 0 Å². The lowest BCUT2D eigenvalue weighted by Gasteiger charge is -2.04. The average Bonchev–Trinajstić information content (AvgIpc) is 2.56. The van der Waals surface area contributed by atoms with Crippen molar-refractivity contribution in [2.24, 2.45) is 5.10 Å². The first-order chi connectivity index (χ1) is 11.1. The molecule has 0 radical (unpaired) electrons. The molecule has 5 nitrogen and oxygen atoms in total. The molecule has 2 rings (SSSR count). The van der Waals surface area contributed by atoms with Crippen LogP contribution in [-0.2, 0) is 16.1 Å². The highest BCUT2D eigenvalue weighted by Gasteiger charge is 2.12. The zero-order valence-electron chi connectivity index (χ0n) is 11.9. The highest BCUT2D eigenvalue weighted by Crippen LogP contribution is 2.21. The topological polar surface area (TPSA) is 70.6 Å². The van der Waals surface area contributed by atoms with Crippen molar-refractivity contribution in [1.82, 2.24) is 10.7 Å². The fraction of sp³-hybridized carbons (Fsp3) is 0.0625. The first-order valence-corrected chi connectivity index (χ1v) is 7.42. The van der Waals surface area contributed by atoms with Gasteiger partial charge in [0.15, 0.2) is 0 Å². The second kappa shape index (κ2) is 8.31. The van der Waals surface area contributed by atoms with Gasteiger partial charge in [-0.2, -0.15) is 5.10 Å². The molecule has 0 aromatic heterocycles. The smallest absolute Gasteiger partial charge is 0.329 e. The van der Waals surface area contributed by atoms with Gasteiger partial charge < -0.3 is 5.32 Å². The Labute approximate surface area is 143 Å². The Hall–Kier alpha value is -2.37. The van der Waals surface area contributed by atoms with Gasteiger partial charge in [0.05, 0.1) is 16.3 Å². The SMILES string of the molecule is O=C(NCc1ccccc1)C(=O)NN=Cc1c(Cl)cccc1Cl. The molecule has 2 amide bonds. The molecule has 0 aliphatic carbocycles. The van der Waals surface area contributed by atoms with E-state index in [1.165, 1.54) is 6.21 Å². The first kappa shape index (κ1) is 17.0. The van der Waals surface area contributed by atoms with E-state index in [4.69, 9.17) is 23.2 Å². The number of carbonyl (C=O) groups excluding carboxylic acids is 2. The van der Waals surface area contributed by atoms with Crippen LogP contribution in [0.4, 0.5) is 0 Å². The summed E-state index contributed by atoms with van der Waals surface area (Å²) >= 11 is 11.9. The van der Waals surface area contributed by atoms with E-state index in [9.17, 15) is 9.59 Å². The first-order valence-electron chi connectivity index (χ1n) is 6.67. The number of carbonyl (C=O) groups is 2. The van der Waals surface area contributed by atoms with Crippen LogP contribution in [0, 0.1) is 0 Å². The van der Waals surface area contributed by atoms with E-state index >= 15 is 0 Å². The second-order valence-corrected chi connectivity index (χ2v) is 5.32. The number of hydrazone groups is 1. The lowest BCUT2D eigenvalue weighted by Crippen LogP contribution is -2.37. The van der Waals surface area contributed by atoms with Crippen LogP contribution in [0.3, 0.4) is 0 Å². The summed E-state index contributed by atoms with van der Waals surface area (Å²) in [6.07, 6.45) is 1.28. The molecule has 0 saturated carbocycles. The zero-order valence-corrected chi connectivity index (χ0v) is 13.4. The van der Waals surface area contributed by atoms with Crippen molar-refractivity contribution in [3.63, 3.8) is 0 Å². The minimum absolute atomic E-state index is 0.257. The van der Waals surface area contributed by atoms with Gasteiger partial charge in [0.25, 0.3) is 0 Å². The van der Waals surface area contributed by atoms with E-state index in [0.29, 0.717) is 15.6 Å². The highest BCUT2D eigenvalue weighted by molar-refractivity contribution is 6.38. The largest absolute Gasteiger partial charge is 0.344 e. The van der Waals surface area contributed by atoms with Gasteiger partial charge in [0, 0.05) is 12.1 Å². The van der Waals surface area contributed by atoms with E-state index in [-0.39, 0.29) is 6.54 Å². The lowest BCUT2D eigenvalue weighted by molar-refractivity contribution is -0.139. The van der Waals surface area contributed by atoms with Gasteiger partial charge in [-0.3, -0.25) is 9.59 Å². The Morgan fingerprint density at radius 2 is 1.61 bits per heavy atom. The minimum Gasteiger partial charge on any atom is -0.344 e. The van der Waals surface area contributed by atoms with Gasteiger partial charge in [0.2, 0.25) is 0 Å². The summed E-state index contributed by atoms with van der Waals surface area (Å²) in [5.74, 6) is -1.66. The van der Waals surface area contributed by atoms with Crippen LogP contribution >= 0.6 is 23.2 Å². The second-order valence-electron chi connectivity index (χ2n) is 4.50. The van der Waals surface area contributed by atoms with E-state index in [2.05, 4.69) is 15.8 Å². The molecule has 2 N–H and O–H groups in total. The Balaban J connectivity index is 1.86. The van der Waals surface area contributed by atoms with Crippen molar-refractivity contribution < 1.29 is 9.59 Å². The molecule has 0 saturated heterocycles. The zero-order chi connectivity index (χ0) is 16.7. The molecule has 0 atom stereocenters. The molecule has 2 aromatic carbocycles. The number of halogens is 2. The molecular formula is C16H13Cl2N3O2. The fourth-order valence-electron chi connectivity index (χ4n) is 1.70. The summed E-state index contributed by atoms with van der Waals surface area (Å²) in [5, 5.41) is 6.96. The molecule has 0 heterocycles. The van der Waals surface area contributed by atoms with Crippen molar-refractivity contribution in [3.8, 4) is 0 Å². The van der Waals surface area contributed by atoms with Crippen molar-refractivity contribution in [1.29, 1.82) is 0 Å². The van der Waals surface area contributed by atoms with E-state index in [0.717, 1.165) is 5.56 Å². The maximum atomic E-state index is 11.6. The monoisotopic (exact) mass is 349 g/mol. The highest BCUT2D eigenvalue weighted by atomic mass is 35.5. The molecule has 0 bridgehead atoms. The summed E-state index contributed by atoms with van der Waals surface area (Å²) in [4.78, 5) is 23.3. The normalized spacial score (nSPS) is 10.5. The number of nitrogens with zero attached hydrogens (tertiary/aromatic N) is 1. The molecule has 0 spiro atoms. The van der Waals surface area contributed by atoms with Crippen LogP contribution < -0.4 is 10.7 Å². The summed E-state index contributed by atoms with van der Waals surface area (Å²) in [6, 6.07) is 14.2. The summed E-state index contributed by atoms with van der Waals surface area (Å²) in [6.45, 7) is 0.257. The number of rotatable bonds is 4. The molecular weight excluding hydrogens is 337 g/mol. The molecule has 0 aliphatic heterocycles. The number of hydrogen-bond acceptors (Lipinski definition) is 3.